The maximum atomic E-state index is 12.4. The van der Waals surface area contributed by atoms with Gasteiger partial charge in [-0.2, -0.15) is 0 Å². The molecule has 1 aliphatic rings. The standard InChI is InChI=1S/C20H30N2O3/c1-14(23)22-10-8-16(9-11-22)19(24)21-13-15-6-7-18(25-5)17(12-15)20(2,3)4/h6-7,12,16H,8-11,13H2,1-5H3,(H,21,24). The zero-order valence-electron chi connectivity index (χ0n) is 16.0. The second kappa shape index (κ2) is 7.89. The number of benzene rings is 1. The molecular formula is C20H30N2O3. The number of amides is 2. The number of nitrogens with one attached hydrogen (secondary N) is 1. The Kier molecular flexibility index (Phi) is 6.09. The van der Waals surface area contributed by atoms with Crippen molar-refractivity contribution in [3.63, 3.8) is 0 Å². The maximum absolute atomic E-state index is 12.4. The van der Waals surface area contributed by atoms with Crippen molar-refractivity contribution < 1.29 is 14.3 Å². The van der Waals surface area contributed by atoms with Gasteiger partial charge in [0.2, 0.25) is 11.8 Å². The Bertz CT molecular complexity index is 626. The number of piperidine rings is 1. The molecule has 0 radical (unpaired) electrons. The number of nitrogens with zero attached hydrogens (tertiary/aromatic N) is 1. The number of likely N-dealkylation sites (tertiary alicyclic amines) is 1. The van der Waals surface area contributed by atoms with Gasteiger partial charge in [0.15, 0.2) is 0 Å². The van der Waals surface area contributed by atoms with Crippen molar-refractivity contribution in [1.29, 1.82) is 0 Å². The van der Waals surface area contributed by atoms with E-state index in [0.717, 1.165) is 29.7 Å². The van der Waals surface area contributed by atoms with Gasteiger partial charge in [-0.1, -0.05) is 26.8 Å². The zero-order chi connectivity index (χ0) is 18.6. The average molecular weight is 346 g/mol. The first-order valence-electron chi connectivity index (χ1n) is 8.93. The van der Waals surface area contributed by atoms with Gasteiger partial charge in [0, 0.05) is 32.5 Å². The lowest BCUT2D eigenvalue weighted by molar-refractivity contribution is -0.134. The van der Waals surface area contributed by atoms with Crippen LogP contribution in [0.5, 0.6) is 5.75 Å². The van der Waals surface area contributed by atoms with Crippen LogP contribution in [0.15, 0.2) is 18.2 Å². The van der Waals surface area contributed by atoms with Gasteiger partial charge >= 0.3 is 0 Å². The Hall–Kier alpha value is -2.04. The number of rotatable bonds is 4. The minimum absolute atomic E-state index is 0.00376. The van der Waals surface area contributed by atoms with Crippen LogP contribution in [0.25, 0.3) is 0 Å². The lowest BCUT2D eigenvalue weighted by Crippen LogP contribution is -2.42. The van der Waals surface area contributed by atoms with Gasteiger partial charge in [0.1, 0.15) is 5.75 Å². The largest absolute Gasteiger partial charge is 0.496 e. The topological polar surface area (TPSA) is 58.6 Å². The monoisotopic (exact) mass is 346 g/mol. The summed E-state index contributed by atoms with van der Waals surface area (Å²) in [4.78, 5) is 25.6. The summed E-state index contributed by atoms with van der Waals surface area (Å²) >= 11 is 0. The first-order valence-corrected chi connectivity index (χ1v) is 8.93. The Balaban J connectivity index is 1.95. The highest BCUT2D eigenvalue weighted by atomic mass is 16.5. The highest BCUT2D eigenvalue weighted by Crippen LogP contribution is 2.32. The van der Waals surface area contributed by atoms with E-state index in [1.54, 1.807) is 14.0 Å². The van der Waals surface area contributed by atoms with E-state index >= 15 is 0 Å². The number of ether oxygens (including phenoxy) is 1. The highest BCUT2D eigenvalue weighted by Gasteiger charge is 2.26. The Morgan fingerprint density at radius 3 is 2.40 bits per heavy atom. The molecule has 0 bridgehead atoms. The van der Waals surface area contributed by atoms with E-state index in [0.29, 0.717) is 19.6 Å². The number of hydrogen-bond acceptors (Lipinski definition) is 3. The van der Waals surface area contributed by atoms with E-state index in [1.165, 1.54) is 0 Å². The second-order valence-corrected chi connectivity index (χ2v) is 7.78. The molecule has 25 heavy (non-hydrogen) atoms. The van der Waals surface area contributed by atoms with E-state index in [1.807, 2.05) is 17.0 Å². The Morgan fingerprint density at radius 2 is 1.88 bits per heavy atom. The molecule has 1 N–H and O–H groups in total. The Morgan fingerprint density at radius 1 is 1.24 bits per heavy atom. The van der Waals surface area contributed by atoms with E-state index < -0.39 is 0 Å². The molecule has 5 heteroatoms. The van der Waals surface area contributed by atoms with E-state index in [-0.39, 0.29) is 23.1 Å². The molecule has 1 aliphatic heterocycles. The molecule has 1 aromatic rings. The van der Waals surface area contributed by atoms with E-state index in [9.17, 15) is 9.59 Å². The van der Waals surface area contributed by atoms with E-state index in [2.05, 4.69) is 32.2 Å². The summed E-state index contributed by atoms with van der Waals surface area (Å²) in [6.07, 6.45) is 1.47. The molecule has 1 aromatic carbocycles. The van der Waals surface area contributed by atoms with Crippen molar-refractivity contribution >= 4 is 11.8 Å². The predicted molar refractivity (Wildman–Crippen MR) is 98.5 cm³/mol. The summed E-state index contributed by atoms with van der Waals surface area (Å²) in [6, 6.07) is 6.07. The lowest BCUT2D eigenvalue weighted by atomic mass is 9.85. The fourth-order valence-corrected chi connectivity index (χ4v) is 3.24. The molecule has 1 saturated heterocycles. The van der Waals surface area contributed by atoms with E-state index in [4.69, 9.17) is 4.74 Å². The first-order chi connectivity index (χ1) is 11.7. The van der Waals surface area contributed by atoms with Crippen molar-refractivity contribution in [3.05, 3.63) is 29.3 Å². The van der Waals surface area contributed by atoms with Crippen LogP contribution in [0.2, 0.25) is 0 Å². The quantitative estimate of drug-likeness (QED) is 0.912. The molecule has 1 heterocycles. The second-order valence-electron chi connectivity index (χ2n) is 7.78. The fraction of sp³-hybridized carbons (Fsp3) is 0.600. The smallest absolute Gasteiger partial charge is 0.223 e. The molecule has 0 aromatic heterocycles. The zero-order valence-corrected chi connectivity index (χ0v) is 16.0. The van der Waals surface area contributed by atoms with Gasteiger partial charge in [-0.3, -0.25) is 9.59 Å². The lowest BCUT2D eigenvalue weighted by Gasteiger charge is -2.30. The van der Waals surface area contributed by atoms with Gasteiger partial charge < -0.3 is 15.0 Å². The number of methoxy groups -OCH3 is 1. The summed E-state index contributed by atoms with van der Waals surface area (Å²) < 4.78 is 5.46. The van der Waals surface area contributed by atoms with Gasteiger partial charge in [-0.25, -0.2) is 0 Å². The summed E-state index contributed by atoms with van der Waals surface area (Å²) in [7, 11) is 1.68. The molecular weight excluding hydrogens is 316 g/mol. The van der Waals surface area contributed by atoms with Crippen LogP contribution in [0.1, 0.15) is 51.7 Å². The van der Waals surface area contributed by atoms with Crippen molar-refractivity contribution in [1.82, 2.24) is 10.2 Å². The van der Waals surface area contributed by atoms with Gasteiger partial charge in [0.05, 0.1) is 7.11 Å². The molecule has 0 aliphatic carbocycles. The molecule has 2 rings (SSSR count). The maximum Gasteiger partial charge on any atom is 0.223 e. The summed E-state index contributed by atoms with van der Waals surface area (Å²) in [5, 5.41) is 3.05. The van der Waals surface area contributed by atoms with Crippen LogP contribution in [0.4, 0.5) is 0 Å². The van der Waals surface area contributed by atoms with Crippen molar-refractivity contribution in [2.24, 2.45) is 5.92 Å². The first kappa shape index (κ1) is 19.3. The van der Waals surface area contributed by atoms with Crippen LogP contribution in [-0.2, 0) is 21.5 Å². The summed E-state index contributed by atoms with van der Waals surface area (Å²) in [5.41, 5.74) is 2.18. The summed E-state index contributed by atoms with van der Waals surface area (Å²) in [5.74, 6) is 1.04. The predicted octanol–water partition coefficient (Wildman–Crippen LogP) is 2.87. The average Bonchev–Trinajstić information content (AvgIpc) is 2.58. The Labute approximate surface area is 150 Å². The molecule has 1 fully saturated rings. The SMILES string of the molecule is COc1ccc(CNC(=O)C2CCN(C(C)=O)CC2)cc1C(C)(C)C. The third-order valence-electron chi connectivity index (χ3n) is 4.85. The van der Waals surface area contributed by atoms with Crippen LogP contribution < -0.4 is 10.1 Å². The van der Waals surface area contributed by atoms with Crippen LogP contribution in [0, 0.1) is 5.92 Å². The molecule has 0 atom stereocenters. The van der Waals surface area contributed by atoms with Crippen LogP contribution in [-0.4, -0.2) is 36.9 Å². The van der Waals surface area contributed by atoms with Gasteiger partial charge in [0.25, 0.3) is 0 Å². The molecule has 0 saturated carbocycles. The third-order valence-corrected chi connectivity index (χ3v) is 4.85. The van der Waals surface area contributed by atoms with Gasteiger partial charge in [-0.05, 0) is 41.5 Å². The van der Waals surface area contributed by atoms with Crippen molar-refractivity contribution in [3.8, 4) is 5.75 Å². The molecule has 2 amide bonds. The molecule has 138 valence electrons. The number of carbonyl (C=O) groups is 2. The fourth-order valence-electron chi connectivity index (χ4n) is 3.24. The normalized spacial score (nSPS) is 15.8. The summed E-state index contributed by atoms with van der Waals surface area (Å²) in [6.45, 7) is 9.88. The minimum Gasteiger partial charge on any atom is -0.496 e. The van der Waals surface area contributed by atoms with Crippen LogP contribution >= 0.6 is 0 Å². The highest BCUT2D eigenvalue weighted by molar-refractivity contribution is 5.79. The van der Waals surface area contributed by atoms with Crippen molar-refractivity contribution in [2.75, 3.05) is 20.2 Å². The number of carbonyl (C=O) groups excluding carboxylic acids is 2. The van der Waals surface area contributed by atoms with Crippen LogP contribution in [0.3, 0.4) is 0 Å². The molecule has 0 unspecified atom stereocenters. The minimum atomic E-state index is -0.0229. The molecule has 5 nitrogen and oxygen atoms in total. The molecule has 0 spiro atoms. The van der Waals surface area contributed by atoms with Crippen molar-refractivity contribution in [2.45, 2.75) is 52.5 Å². The van der Waals surface area contributed by atoms with Gasteiger partial charge in [-0.15, -0.1) is 0 Å². The third kappa shape index (κ3) is 4.97. The number of hydrogen-bond donors (Lipinski definition) is 1.